The van der Waals surface area contributed by atoms with Crippen molar-refractivity contribution in [3.05, 3.63) is 46.1 Å². The van der Waals surface area contributed by atoms with Crippen LogP contribution in [0.1, 0.15) is 19.4 Å². The van der Waals surface area contributed by atoms with Crippen LogP contribution < -0.4 is 10.2 Å². The molecular weight excluding hydrogens is 352 g/mol. The minimum atomic E-state index is -0.807. The molecule has 0 fully saturated rings. The number of benzene rings is 2. The van der Waals surface area contributed by atoms with Gasteiger partial charge < -0.3 is 29.6 Å². The van der Waals surface area contributed by atoms with E-state index in [0.717, 1.165) is 6.07 Å². The van der Waals surface area contributed by atoms with Crippen molar-refractivity contribution in [2.45, 2.75) is 32.0 Å². The summed E-state index contributed by atoms with van der Waals surface area (Å²) in [6.07, 6.45) is -0.373. The number of hydrogen-bond acceptors (Lipinski definition) is 7. The van der Waals surface area contributed by atoms with Gasteiger partial charge in [-0.2, -0.15) is 0 Å². The number of aliphatic hydroxyl groups is 1. The van der Waals surface area contributed by atoms with Crippen LogP contribution in [-0.2, 0) is 6.42 Å². The van der Waals surface area contributed by atoms with Gasteiger partial charge in [-0.15, -0.1) is 0 Å². The molecule has 0 amide bonds. The third-order valence-electron chi connectivity index (χ3n) is 4.85. The molecule has 1 atom stereocenters. The van der Waals surface area contributed by atoms with E-state index in [2.05, 4.69) is 0 Å². The Labute approximate surface area is 153 Å². The molecule has 3 aromatic rings. The van der Waals surface area contributed by atoms with Gasteiger partial charge in [0, 0.05) is 24.1 Å². The molecule has 0 unspecified atom stereocenters. The van der Waals surface area contributed by atoms with Crippen LogP contribution in [-0.4, -0.2) is 32.1 Å². The monoisotopic (exact) mass is 370 g/mol. The van der Waals surface area contributed by atoms with E-state index in [0.29, 0.717) is 23.3 Å². The summed E-state index contributed by atoms with van der Waals surface area (Å²) in [7, 11) is 0. The zero-order chi connectivity index (χ0) is 19.5. The van der Waals surface area contributed by atoms with Gasteiger partial charge in [-0.25, -0.2) is 0 Å². The lowest BCUT2D eigenvalue weighted by Crippen LogP contribution is -2.46. The maximum atomic E-state index is 12.5. The molecule has 140 valence electrons. The molecule has 0 radical (unpaired) electrons. The van der Waals surface area contributed by atoms with Crippen molar-refractivity contribution >= 4 is 11.0 Å². The molecule has 0 bridgehead atoms. The van der Waals surface area contributed by atoms with Crippen LogP contribution in [0.4, 0.5) is 0 Å². The number of hydrogen-bond donors (Lipinski definition) is 4. The first-order valence-electron chi connectivity index (χ1n) is 8.39. The first-order chi connectivity index (χ1) is 12.7. The second-order valence-corrected chi connectivity index (χ2v) is 7.19. The lowest BCUT2D eigenvalue weighted by atomic mass is 9.90. The van der Waals surface area contributed by atoms with Gasteiger partial charge in [-0.05, 0) is 37.6 Å². The standard InChI is InChI=1S/C20H18O7/c1-20(2)15(23)6-10-5-9(3-4-13(10)27-20)19-18(25)17(24)16-12(22)7-11(21)8-14(16)26-19/h3-5,7-8,15,21-23,25H,6H2,1-2H3/t15-/m1/s1. The van der Waals surface area contributed by atoms with E-state index in [1.165, 1.54) is 6.07 Å². The van der Waals surface area contributed by atoms with Crippen LogP contribution >= 0.6 is 0 Å². The Bertz CT molecular complexity index is 1130. The molecule has 4 N–H and O–H groups in total. The molecule has 7 heteroatoms. The van der Waals surface area contributed by atoms with E-state index in [4.69, 9.17) is 9.15 Å². The third kappa shape index (κ3) is 2.67. The van der Waals surface area contributed by atoms with Crippen molar-refractivity contribution in [2.24, 2.45) is 0 Å². The normalized spacial score (nSPS) is 18.1. The van der Waals surface area contributed by atoms with Gasteiger partial charge in [0.1, 0.15) is 33.8 Å². The quantitative estimate of drug-likeness (QED) is 0.520. The summed E-state index contributed by atoms with van der Waals surface area (Å²) < 4.78 is 11.4. The van der Waals surface area contributed by atoms with Crippen LogP contribution in [0.3, 0.4) is 0 Å². The highest BCUT2D eigenvalue weighted by molar-refractivity contribution is 5.88. The van der Waals surface area contributed by atoms with Gasteiger partial charge in [-0.3, -0.25) is 4.79 Å². The lowest BCUT2D eigenvalue weighted by Gasteiger charge is -2.37. The number of ether oxygens (including phenoxy) is 1. The Morgan fingerprint density at radius 1 is 1.11 bits per heavy atom. The smallest absolute Gasteiger partial charge is 0.238 e. The predicted octanol–water partition coefficient (Wildman–Crippen LogP) is 2.65. The molecule has 1 aliphatic rings. The van der Waals surface area contributed by atoms with Gasteiger partial charge in [-0.1, -0.05) is 0 Å². The van der Waals surface area contributed by atoms with Crippen molar-refractivity contribution in [3.63, 3.8) is 0 Å². The Hall–Kier alpha value is -3.19. The van der Waals surface area contributed by atoms with E-state index in [9.17, 15) is 25.2 Å². The summed E-state index contributed by atoms with van der Waals surface area (Å²) in [5, 5.41) is 39.9. The van der Waals surface area contributed by atoms with Crippen molar-refractivity contribution in [1.29, 1.82) is 0 Å². The molecule has 1 aliphatic heterocycles. The van der Waals surface area contributed by atoms with Crippen LogP contribution in [0.25, 0.3) is 22.3 Å². The molecule has 1 aromatic heterocycles. The largest absolute Gasteiger partial charge is 0.508 e. The van der Waals surface area contributed by atoms with Crippen molar-refractivity contribution in [3.8, 4) is 34.3 Å². The van der Waals surface area contributed by atoms with Gasteiger partial charge in [0.15, 0.2) is 5.76 Å². The topological polar surface area (TPSA) is 120 Å². The first kappa shape index (κ1) is 17.2. The molecule has 0 saturated heterocycles. The third-order valence-corrected chi connectivity index (χ3v) is 4.85. The molecule has 2 aromatic carbocycles. The van der Waals surface area contributed by atoms with Gasteiger partial charge in [0.25, 0.3) is 0 Å². The zero-order valence-electron chi connectivity index (χ0n) is 14.7. The van der Waals surface area contributed by atoms with E-state index in [1.54, 1.807) is 32.0 Å². The van der Waals surface area contributed by atoms with Crippen molar-refractivity contribution in [2.75, 3.05) is 0 Å². The summed E-state index contributed by atoms with van der Waals surface area (Å²) in [6, 6.07) is 7.16. The second-order valence-electron chi connectivity index (χ2n) is 7.19. The summed E-state index contributed by atoms with van der Waals surface area (Å²) in [6.45, 7) is 3.59. The molecule has 27 heavy (non-hydrogen) atoms. The van der Waals surface area contributed by atoms with Crippen LogP contribution in [0.5, 0.6) is 23.0 Å². The molecule has 0 aliphatic carbocycles. The summed E-state index contributed by atoms with van der Waals surface area (Å²) in [4.78, 5) is 12.5. The number of aliphatic hydroxyl groups excluding tert-OH is 1. The highest BCUT2D eigenvalue weighted by Gasteiger charge is 2.35. The SMILES string of the molecule is CC1(C)Oc2ccc(-c3oc4cc(O)cc(O)c4c(=O)c3O)cc2C[C@H]1O. The van der Waals surface area contributed by atoms with E-state index >= 15 is 0 Å². The van der Waals surface area contributed by atoms with Gasteiger partial charge in [0.05, 0.1) is 6.10 Å². The Morgan fingerprint density at radius 3 is 2.59 bits per heavy atom. The van der Waals surface area contributed by atoms with E-state index in [1.807, 2.05) is 0 Å². The fraction of sp³-hybridized carbons (Fsp3) is 0.250. The molecule has 4 rings (SSSR count). The number of phenols is 2. The Morgan fingerprint density at radius 2 is 1.85 bits per heavy atom. The first-order valence-corrected chi connectivity index (χ1v) is 8.39. The molecule has 0 saturated carbocycles. The van der Waals surface area contributed by atoms with Gasteiger partial charge >= 0.3 is 0 Å². The predicted molar refractivity (Wildman–Crippen MR) is 97.3 cm³/mol. The number of rotatable bonds is 1. The number of aromatic hydroxyl groups is 3. The summed E-state index contributed by atoms with van der Waals surface area (Å²) >= 11 is 0. The van der Waals surface area contributed by atoms with E-state index in [-0.39, 0.29) is 22.5 Å². The lowest BCUT2D eigenvalue weighted by molar-refractivity contribution is -0.0411. The maximum Gasteiger partial charge on any atom is 0.238 e. The Balaban J connectivity index is 1.90. The molecule has 2 heterocycles. The van der Waals surface area contributed by atoms with Crippen molar-refractivity contribution in [1.82, 2.24) is 0 Å². The number of phenolic OH excluding ortho intramolecular Hbond substituents is 2. The summed E-state index contributed by atoms with van der Waals surface area (Å²) in [5.74, 6) is -0.901. The molecule has 7 nitrogen and oxygen atoms in total. The van der Waals surface area contributed by atoms with E-state index < -0.39 is 28.6 Å². The molecular formula is C20H18O7. The molecule has 0 spiro atoms. The average molecular weight is 370 g/mol. The maximum absolute atomic E-state index is 12.5. The van der Waals surface area contributed by atoms with Crippen LogP contribution in [0, 0.1) is 0 Å². The van der Waals surface area contributed by atoms with Gasteiger partial charge in [0.2, 0.25) is 11.2 Å². The second kappa shape index (κ2) is 5.65. The highest BCUT2D eigenvalue weighted by Crippen LogP contribution is 2.39. The van der Waals surface area contributed by atoms with Crippen LogP contribution in [0.15, 0.2) is 39.5 Å². The minimum Gasteiger partial charge on any atom is -0.508 e. The fourth-order valence-corrected chi connectivity index (χ4v) is 3.26. The van der Waals surface area contributed by atoms with Crippen LogP contribution in [0.2, 0.25) is 0 Å². The number of fused-ring (bicyclic) bond motifs is 2. The highest BCUT2D eigenvalue weighted by atomic mass is 16.5. The fourth-order valence-electron chi connectivity index (χ4n) is 3.26. The zero-order valence-corrected chi connectivity index (χ0v) is 14.7. The summed E-state index contributed by atoms with van der Waals surface area (Å²) in [5.41, 5.74) is -0.468. The van der Waals surface area contributed by atoms with Crippen molar-refractivity contribution < 1.29 is 29.6 Å². The minimum absolute atomic E-state index is 0.0551. The Kier molecular flexibility index (Phi) is 3.61. The average Bonchev–Trinajstić information content (AvgIpc) is 2.58.